The SMILES string of the molecule is CCC.C[C@]1(c2cccc(O)c2)CCN2C(=O)CCC[C@H]2C1.c1ccccc1. The Kier molecular flexibility index (Phi) is 8.56. The van der Waals surface area contributed by atoms with Crippen molar-refractivity contribution in [1.29, 1.82) is 0 Å². The lowest BCUT2D eigenvalue weighted by atomic mass is 9.70. The molecular formula is C25H35NO2. The van der Waals surface area contributed by atoms with Crippen LogP contribution in [0.4, 0.5) is 0 Å². The van der Waals surface area contributed by atoms with Crippen molar-refractivity contribution in [2.24, 2.45) is 0 Å². The summed E-state index contributed by atoms with van der Waals surface area (Å²) in [4.78, 5) is 14.0. The number of hydrogen-bond acceptors (Lipinski definition) is 2. The number of carbonyl (C=O) groups excluding carboxylic acids is 1. The fourth-order valence-corrected chi connectivity index (χ4v) is 4.03. The maximum Gasteiger partial charge on any atom is 0.222 e. The van der Waals surface area contributed by atoms with Gasteiger partial charge in [0.1, 0.15) is 5.75 Å². The zero-order chi connectivity index (χ0) is 20.4. The molecule has 1 amide bonds. The Balaban J connectivity index is 0.000000260. The lowest BCUT2D eigenvalue weighted by Crippen LogP contribution is -2.52. The number of rotatable bonds is 1. The van der Waals surface area contributed by atoms with Gasteiger partial charge in [-0.25, -0.2) is 0 Å². The second-order valence-corrected chi connectivity index (χ2v) is 8.06. The van der Waals surface area contributed by atoms with Gasteiger partial charge in [0.15, 0.2) is 0 Å². The largest absolute Gasteiger partial charge is 0.508 e. The molecule has 2 fully saturated rings. The molecule has 3 heteroatoms. The van der Waals surface area contributed by atoms with Crippen LogP contribution in [0.15, 0.2) is 60.7 Å². The zero-order valence-electron chi connectivity index (χ0n) is 17.6. The number of aromatic hydroxyl groups is 1. The van der Waals surface area contributed by atoms with Gasteiger partial charge in [-0.3, -0.25) is 4.79 Å². The van der Waals surface area contributed by atoms with Crippen LogP contribution in [0.1, 0.15) is 64.9 Å². The first-order chi connectivity index (χ1) is 13.5. The number of phenols is 1. The summed E-state index contributed by atoms with van der Waals surface area (Å²) in [5, 5.41) is 9.67. The first-order valence-corrected chi connectivity index (χ1v) is 10.6. The Morgan fingerprint density at radius 3 is 2.25 bits per heavy atom. The normalized spacial score (nSPS) is 23.5. The highest BCUT2D eigenvalue weighted by atomic mass is 16.3. The fourth-order valence-electron chi connectivity index (χ4n) is 4.03. The highest BCUT2D eigenvalue weighted by molar-refractivity contribution is 5.77. The Hall–Kier alpha value is -2.29. The van der Waals surface area contributed by atoms with Crippen molar-refractivity contribution in [3.05, 3.63) is 66.2 Å². The number of benzene rings is 2. The molecule has 2 saturated heterocycles. The highest BCUT2D eigenvalue weighted by Crippen LogP contribution is 2.41. The molecule has 2 aliphatic rings. The van der Waals surface area contributed by atoms with Crippen LogP contribution in [0.25, 0.3) is 0 Å². The Labute approximate surface area is 170 Å². The second-order valence-electron chi connectivity index (χ2n) is 8.06. The van der Waals surface area contributed by atoms with Gasteiger partial charge in [0, 0.05) is 19.0 Å². The maximum absolute atomic E-state index is 11.9. The van der Waals surface area contributed by atoms with E-state index < -0.39 is 0 Å². The molecular weight excluding hydrogens is 346 g/mol. The summed E-state index contributed by atoms with van der Waals surface area (Å²) in [5.74, 6) is 0.662. The highest BCUT2D eigenvalue weighted by Gasteiger charge is 2.40. The molecule has 2 aromatic carbocycles. The third-order valence-corrected chi connectivity index (χ3v) is 5.49. The van der Waals surface area contributed by atoms with E-state index in [0.717, 1.165) is 38.6 Å². The van der Waals surface area contributed by atoms with E-state index in [9.17, 15) is 9.90 Å². The van der Waals surface area contributed by atoms with Crippen LogP contribution in [-0.2, 0) is 10.2 Å². The summed E-state index contributed by atoms with van der Waals surface area (Å²) in [5.41, 5.74) is 1.28. The summed E-state index contributed by atoms with van der Waals surface area (Å²) in [7, 11) is 0. The van der Waals surface area contributed by atoms with Gasteiger partial charge in [0.05, 0.1) is 0 Å². The minimum atomic E-state index is 0.0809. The third-order valence-electron chi connectivity index (χ3n) is 5.49. The molecule has 0 bridgehead atoms. The van der Waals surface area contributed by atoms with Crippen molar-refractivity contribution in [3.8, 4) is 5.75 Å². The average Bonchev–Trinajstić information content (AvgIpc) is 2.70. The van der Waals surface area contributed by atoms with E-state index in [1.807, 2.05) is 48.5 Å². The predicted octanol–water partition coefficient (Wildman–Crippen LogP) is 5.93. The van der Waals surface area contributed by atoms with Crippen LogP contribution in [-0.4, -0.2) is 28.5 Å². The second kappa shape index (κ2) is 10.9. The summed E-state index contributed by atoms with van der Waals surface area (Å²) in [6, 6.07) is 20.0. The number of phenolic OH excluding ortho intramolecular Hbond substituents is 1. The number of piperidine rings is 2. The van der Waals surface area contributed by atoms with Crippen LogP contribution in [0, 0.1) is 0 Å². The van der Waals surface area contributed by atoms with Gasteiger partial charge in [-0.15, -0.1) is 0 Å². The van der Waals surface area contributed by atoms with Gasteiger partial charge in [0.2, 0.25) is 5.91 Å². The molecule has 0 saturated carbocycles. The molecule has 152 valence electrons. The van der Waals surface area contributed by atoms with E-state index in [4.69, 9.17) is 0 Å². The molecule has 0 aliphatic carbocycles. The van der Waals surface area contributed by atoms with E-state index in [1.54, 1.807) is 6.07 Å². The summed E-state index contributed by atoms with van der Waals surface area (Å²) >= 11 is 0. The van der Waals surface area contributed by atoms with Crippen LogP contribution >= 0.6 is 0 Å². The molecule has 2 aromatic rings. The molecule has 0 spiro atoms. The maximum atomic E-state index is 11.9. The van der Waals surface area contributed by atoms with Crippen LogP contribution in [0.3, 0.4) is 0 Å². The van der Waals surface area contributed by atoms with Crippen molar-refractivity contribution in [1.82, 2.24) is 4.90 Å². The van der Waals surface area contributed by atoms with Crippen molar-refractivity contribution < 1.29 is 9.90 Å². The fraction of sp³-hybridized carbons (Fsp3) is 0.480. The minimum Gasteiger partial charge on any atom is -0.508 e. The third kappa shape index (κ3) is 6.12. The topological polar surface area (TPSA) is 40.5 Å². The predicted molar refractivity (Wildman–Crippen MR) is 116 cm³/mol. The number of fused-ring (bicyclic) bond motifs is 1. The summed E-state index contributed by atoms with van der Waals surface area (Å²) < 4.78 is 0. The lowest BCUT2D eigenvalue weighted by Gasteiger charge is -2.47. The van der Waals surface area contributed by atoms with Crippen molar-refractivity contribution >= 4 is 5.91 Å². The summed E-state index contributed by atoms with van der Waals surface area (Å²) in [6.45, 7) is 7.37. The van der Waals surface area contributed by atoms with Crippen molar-refractivity contribution in [3.63, 3.8) is 0 Å². The molecule has 2 atom stereocenters. The smallest absolute Gasteiger partial charge is 0.222 e. The Bertz CT molecular complexity index is 689. The Morgan fingerprint density at radius 1 is 1.07 bits per heavy atom. The molecule has 1 N–H and O–H groups in total. The van der Waals surface area contributed by atoms with Gasteiger partial charge >= 0.3 is 0 Å². The van der Waals surface area contributed by atoms with Crippen molar-refractivity contribution in [2.75, 3.05) is 6.54 Å². The van der Waals surface area contributed by atoms with Gasteiger partial charge in [-0.2, -0.15) is 0 Å². The van der Waals surface area contributed by atoms with Gasteiger partial charge in [-0.1, -0.05) is 75.7 Å². The van der Waals surface area contributed by atoms with Crippen LogP contribution in [0.5, 0.6) is 5.75 Å². The van der Waals surface area contributed by atoms with Gasteiger partial charge in [0.25, 0.3) is 0 Å². The lowest BCUT2D eigenvalue weighted by molar-refractivity contribution is -0.139. The van der Waals surface area contributed by atoms with E-state index in [1.165, 1.54) is 12.0 Å². The van der Waals surface area contributed by atoms with Crippen LogP contribution in [0.2, 0.25) is 0 Å². The molecule has 2 heterocycles. The number of nitrogens with zero attached hydrogens (tertiary/aromatic N) is 1. The number of hydrogen-bond donors (Lipinski definition) is 1. The molecule has 4 rings (SSSR count). The molecule has 0 unspecified atom stereocenters. The number of amides is 1. The van der Waals surface area contributed by atoms with E-state index in [0.29, 0.717) is 17.7 Å². The molecule has 0 radical (unpaired) electrons. The standard InChI is InChI=1S/C16H21NO2.C6H6.C3H8/c1-16(12-4-2-6-14(18)10-12)8-9-17-13(11-16)5-3-7-15(17)19;1-2-4-6-5-3-1;1-3-2/h2,4,6,10,13,18H,3,5,7-9,11H2,1H3;1-6H;3H2,1-2H3/t13-,16-;;/m0../s1. The Morgan fingerprint density at radius 2 is 1.68 bits per heavy atom. The monoisotopic (exact) mass is 381 g/mol. The van der Waals surface area contributed by atoms with E-state index in [2.05, 4.69) is 31.7 Å². The minimum absolute atomic E-state index is 0.0809. The zero-order valence-corrected chi connectivity index (χ0v) is 17.6. The molecule has 28 heavy (non-hydrogen) atoms. The van der Waals surface area contributed by atoms with Crippen LogP contribution < -0.4 is 0 Å². The number of carbonyl (C=O) groups is 1. The van der Waals surface area contributed by atoms with E-state index >= 15 is 0 Å². The average molecular weight is 382 g/mol. The first kappa shape index (κ1) is 22.0. The van der Waals surface area contributed by atoms with E-state index in [-0.39, 0.29) is 5.41 Å². The van der Waals surface area contributed by atoms with Gasteiger partial charge < -0.3 is 10.0 Å². The summed E-state index contributed by atoms with van der Waals surface area (Å²) in [6.07, 6.45) is 6.12. The van der Waals surface area contributed by atoms with Gasteiger partial charge in [-0.05, 0) is 48.8 Å². The quantitative estimate of drug-likeness (QED) is 0.665. The molecule has 0 aromatic heterocycles. The molecule has 2 aliphatic heterocycles. The molecule has 3 nitrogen and oxygen atoms in total. The van der Waals surface area contributed by atoms with Crippen molar-refractivity contribution in [2.45, 2.75) is 70.8 Å². The first-order valence-electron chi connectivity index (χ1n) is 10.6.